The highest BCUT2D eigenvalue weighted by Gasteiger charge is 2.23. The molecule has 2 heterocycles. The number of nitrogens with zero attached hydrogens (tertiary/aromatic N) is 1. The van der Waals surface area contributed by atoms with Crippen molar-refractivity contribution in [1.29, 1.82) is 0 Å². The van der Waals surface area contributed by atoms with E-state index >= 15 is 0 Å². The van der Waals surface area contributed by atoms with Gasteiger partial charge in [0.05, 0.1) is 12.3 Å². The first-order valence-electron chi connectivity index (χ1n) is 6.22. The van der Waals surface area contributed by atoms with Gasteiger partial charge >= 0.3 is 0 Å². The van der Waals surface area contributed by atoms with Crippen LogP contribution in [0, 0.1) is 6.92 Å². The minimum atomic E-state index is 0.229. The maximum absolute atomic E-state index is 5.78. The van der Waals surface area contributed by atoms with Crippen molar-refractivity contribution in [3.8, 4) is 0 Å². The standard InChI is InChI=1S/C12H18N2OS2/c1-8-11(6-13-9-2-3-9)17-12(14-8)10-7-16-5-4-15-10/h9-10,13H,2-7H2,1H3. The summed E-state index contributed by atoms with van der Waals surface area (Å²) in [5.74, 6) is 2.18. The van der Waals surface area contributed by atoms with E-state index in [1.165, 1.54) is 28.4 Å². The van der Waals surface area contributed by atoms with Gasteiger partial charge in [-0.3, -0.25) is 0 Å². The lowest BCUT2D eigenvalue weighted by Gasteiger charge is -2.19. The molecule has 2 aliphatic rings. The molecule has 0 bridgehead atoms. The highest BCUT2D eigenvalue weighted by Crippen LogP contribution is 2.31. The third-order valence-corrected chi connectivity index (χ3v) is 5.37. The van der Waals surface area contributed by atoms with Gasteiger partial charge < -0.3 is 10.1 Å². The van der Waals surface area contributed by atoms with Crippen LogP contribution in [0.4, 0.5) is 0 Å². The zero-order chi connectivity index (χ0) is 11.7. The molecule has 1 N–H and O–H groups in total. The molecular formula is C12H18N2OS2. The molecule has 1 aliphatic carbocycles. The Morgan fingerprint density at radius 1 is 1.47 bits per heavy atom. The monoisotopic (exact) mass is 270 g/mol. The van der Waals surface area contributed by atoms with E-state index in [9.17, 15) is 0 Å². The van der Waals surface area contributed by atoms with Crippen molar-refractivity contribution in [3.05, 3.63) is 15.6 Å². The highest BCUT2D eigenvalue weighted by molar-refractivity contribution is 7.99. The third kappa shape index (κ3) is 3.02. The first kappa shape index (κ1) is 12.0. The SMILES string of the molecule is Cc1nc(C2CSCCO2)sc1CNC1CC1. The summed E-state index contributed by atoms with van der Waals surface area (Å²) in [4.78, 5) is 6.05. The summed E-state index contributed by atoms with van der Waals surface area (Å²) in [5.41, 5.74) is 1.18. The Labute approximate surface area is 110 Å². The normalized spacial score (nSPS) is 25.1. The molecule has 0 radical (unpaired) electrons. The van der Waals surface area contributed by atoms with Crippen molar-refractivity contribution >= 4 is 23.1 Å². The van der Waals surface area contributed by atoms with E-state index in [0.717, 1.165) is 30.7 Å². The molecular weight excluding hydrogens is 252 g/mol. The molecule has 1 unspecified atom stereocenters. The van der Waals surface area contributed by atoms with Gasteiger partial charge in [-0.2, -0.15) is 11.8 Å². The van der Waals surface area contributed by atoms with Crippen molar-refractivity contribution in [2.75, 3.05) is 18.1 Å². The van der Waals surface area contributed by atoms with E-state index in [4.69, 9.17) is 4.74 Å². The van der Waals surface area contributed by atoms with Crippen molar-refractivity contribution in [1.82, 2.24) is 10.3 Å². The summed E-state index contributed by atoms with van der Waals surface area (Å²) in [6.45, 7) is 3.96. The zero-order valence-corrected chi connectivity index (χ0v) is 11.7. The van der Waals surface area contributed by atoms with Crippen molar-refractivity contribution in [3.63, 3.8) is 0 Å². The molecule has 0 spiro atoms. The van der Waals surface area contributed by atoms with Crippen LogP contribution < -0.4 is 5.32 Å². The molecule has 0 aromatic carbocycles. The molecule has 2 fully saturated rings. The fourth-order valence-electron chi connectivity index (χ4n) is 1.91. The lowest BCUT2D eigenvalue weighted by atomic mass is 10.3. The van der Waals surface area contributed by atoms with E-state index < -0.39 is 0 Å². The molecule has 1 aromatic heterocycles. The fraction of sp³-hybridized carbons (Fsp3) is 0.750. The second-order valence-electron chi connectivity index (χ2n) is 4.65. The first-order chi connectivity index (χ1) is 8.33. The van der Waals surface area contributed by atoms with Crippen molar-refractivity contribution in [2.24, 2.45) is 0 Å². The van der Waals surface area contributed by atoms with Crippen molar-refractivity contribution < 1.29 is 4.74 Å². The quantitative estimate of drug-likeness (QED) is 0.911. The van der Waals surface area contributed by atoms with Crippen LogP contribution in [-0.4, -0.2) is 29.1 Å². The number of nitrogens with one attached hydrogen (secondary N) is 1. The van der Waals surface area contributed by atoms with Crippen LogP contribution in [-0.2, 0) is 11.3 Å². The van der Waals surface area contributed by atoms with Gasteiger partial charge in [-0.15, -0.1) is 11.3 Å². The molecule has 1 atom stereocenters. The second kappa shape index (κ2) is 5.26. The molecule has 1 saturated heterocycles. The fourth-order valence-corrected chi connectivity index (χ4v) is 3.93. The number of aryl methyl sites for hydroxylation is 1. The largest absolute Gasteiger partial charge is 0.369 e. The molecule has 1 aliphatic heterocycles. The van der Waals surface area contributed by atoms with Gasteiger partial charge in [0.15, 0.2) is 0 Å². The van der Waals surface area contributed by atoms with Gasteiger partial charge in [-0.05, 0) is 19.8 Å². The maximum atomic E-state index is 5.78. The van der Waals surface area contributed by atoms with Gasteiger partial charge in [0, 0.05) is 29.0 Å². The Balaban J connectivity index is 1.65. The second-order valence-corrected chi connectivity index (χ2v) is 6.92. The van der Waals surface area contributed by atoms with Crippen LogP contribution >= 0.6 is 23.1 Å². The minimum Gasteiger partial charge on any atom is -0.369 e. The number of ether oxygens (including phenoxy) is 1. The third-order valence-electron chi connectivity index (χ3n) is 3.13. The van der Waals surface area contributed by atoms with Crippen molar-refractivity contribution in [2.45, 2.75) is 38.5 Å². The number of thioether (sulfide) groups is 1. The van der Waals surface area contributed by atoms with Crippen LogP contribution in [0.5, 0.6) is 0 Å². The maximum Gasteiger partial charge on any atom is 0.123 e. The van der Waals surface area contributed by atoms with Crippen LogP contribution in [0.25, 0.3) is 0 Å². The van der Waals surface area contributed by atoms with Crippen LogP contribution in [0.3, 0.4) is 0 Å². The summed E-state index contributed by atoms with van der Waals surface area (Å²) < 4.78 is 5.78. The molecule has 0 amide bonds. The highest BCUT2D eigenvalue weighted by atomic mass is 32.2. The number of hydrogen-bond donors (Lipinski definition) is 1. The predicted molar refractivity (Wildman–Crippen MR) is 72.7 cm³/mol. The lowest BCUT2D eigenvalue weighted by Crippen LogP contribution is -2.15. The van der Waals surface area contributed by atoms with E-state index in [1.54, 1.807) is 0 Å². The molecule has 3 nitrogen and oxygen atoms in total. The summed E-state index contributed by atoms with van der Waals surface area (Å²) in [6.07, 6.45) is 2.91. The van der Waals surface area contributed by atoms with Gasteiger partial charge in [0.1, 0.15) is 11.1 Å². The van der Waals surface area contributed by atoms with E-state index in [-0.39, 0.29) is 6.10 Å². The lowest BCUT2D eigenvalue weighted by molar-refractivity contribution is 0.0754. The minimum absolute atomic E-state index is 0.229. The Hall–Kier alpha value is -0.100. The average molecular weight is 270 g/mol. The van der Waals surface area contributed by atoms with Gasteiger partial charge in [-0.25, -0.2) is 4.98 Å². The number of thiazole rings is 1. The number of rotatable bonds is 4. The molecule has 5 heteroatoms. The Morgan fingerprint density at radius 2 is 2.35 bits per heavy atom. The Bertz CT molecular complexity index is 384. The first-order valence-corrected chi connectivity index (χ1v) is 8.19. The average Bonchev–Trinajstić information content (AvgIpc) is 3.12. The topological polar surface area (TPSA) is 34.1 Å². The van der Waals surface area contributed by atoms with Gasteiger partial charge in [0.2, 0.25) is 0 Å². The molecule has 1 aromatic rings. The Morgan fingerprint density at radius 3 is 3.06 bits per heavy atom. The summed E-state index contributed by atoms with van der Waals surface area (Å²) in [7, 11) is 0. The molecule has 94 valence electrons. The van der Waals surface area contributed by atoms with Crippen LogP contribution in [0.1, 0.15) is 34.5 Å². The summed E-state index contributed by atoms with van der Waals surface area (Å²) in [6, 6.07) is 0.765. The van der Waals surface area contributed by atoms with Gasteiger partial charge in [0.25, 0.3) is 0 Å². The van der Waals surface area contributed by atoms with E-state index in [1.807, 2.05) is 23.1 Å². The van der Waals surface area contributed by atoms with Crippen LogP contribution in [0.15, 0.2) is 0 Å². The van der Waals surface area contributed by atoms with Gasteiger partial charge in [-0.1, -0.05) is 0 Å². The number of aromatic nitrogens is 1. The van der Waals surface area contributed by atoms with E-state index in [2.05, 4.69) is 17.2 Å². The predicted octanol–water partition coefficient (Wildman–Crippen LogP) is 2.51. The molecule has 1 saturated carbocycles. The summed E-state index contributed by atoms with van der Waals surface area (Å²) >= 11 is 3.79. The molecule has 17 heavy (non-hydrogen) atoms. The Kier molecular flexibility index (Phi) is 3.70. The van der Waals surface area contributed by atoms with E-state index in [0.29, 0.717) is 0 Å². The van der Waals surface area contributed by atoms with Crippen LogP contribution in [0.2, 0.25) is 0 Å². The molecule has 3 rings (SSSR count). The smallest absolute Gasteiger partial charge is 0.123 e. The zero-order valence-electron chi connectivity index (χ0n) is 10.1. The number of hydrogen-bond acceptors (Lipinski definition) is 5. The summed E-state index contributed by atoms with van der Waals surface area (Å²) in [5, 5.41) is 4.72.